The molecule has 0 aliphatic carbocycles. The van der Waals surface area contributed by atoms with Crippen molar-refractivity contribution in [3.05, 3.63) is 22.2 Å². The Morgan fingerprint density at radius 3 is 1.86 bits per heavy atom. The molecule has 0 bridgehead atoms. The van der Waals surface area contributed by atoms with E-state index >= 15 is 0 Å². The van der Waals surface area contributed by atoms with Crippen molar-refractivity contribution < 1.29 is 10.2 Å². The van der Waals surface area contributed by atoms with E-state index in [9.17, 15) is 10.2 Å². The maximum atomic E-state index is 9.82. The summed E-state index contributed by atoms with van der Waals surface area (Å²) in [5, 5.41) is 19.4. The number of benzene rings is 1. The van der Waals surface area contributed by atoms with Crippen molar-refractivity contribution in [1.82, 2.24) is 0 Å². The van der Waals surface area contributed by atoms with Crippen LogP contribution in [0.4, 0.5) is 0 Å². The zero-order chi connectivity index (χ0) is 15.5. The van der Waals surface area contributed by atoms with Gasteiger partial charge in [0.2, 0.25) is 0 Å². The van der Waals surface area contributed by atoms with Crippen LogP contribution in [0.3, 0.4) is 0 Å². The fourth-order valence-corrected chi connectivity index (χ4v) is 2.93. The van der Waals surface area contributed by atoms with Gasteiger partial charge in [0, 0.05) is 0 Å². The predicted octanol–water partition coefficient (Wildman–Crippen LogP) is 6.32. The standard InChI is InChI=1S/C18H29BrO2/c1-2-3-4-5-6-7-8-9-10-11-12-15-13-18(21)16(19)14-17(15)20/h13-14,20-21H,2-12H2,1H3. The average molecular weight is 357 g/mol. The third-order valence-corrected chi connectivity index (χ3v) is 4.58. The second-order valence-electron chi connectivity index (χ2n) is 5.86. The monoisotopic (exact) mass is 356 g/mol. The lowest BCUT2D eigenvalue weighted by Crippen LogP contribution is -1.88. The van der Waals surface area contributed by atoms with E-state index in [2.05, 4.69) is 22.9 Å². The van der Waals surface area contributed by atoms with E-state index in [1.807, 2.05) is 0 Å². The molecule has 0 aromatic heterocycles. The maximum absolute atomic E-state index is 9.82. The highest BCUT2D eigenvalue weighted by Crippen LogP contribution is 2.32. The minimum absolute atomic E-state index is 0.204. The first-order valence-corrected chi connectivity index (χ1v) is 9.14. The quantitative estimate of drug-likeness (QED) is 0.359. The maximum Gasteiger partial charge on any atom is 0.130 e. The van der Waals surface area contributed by atoms with Gasteiger partial charge in [-0.05, 0) is 46.5 Å². The van der Waals surface area contributed by atoms with Crippen molar-refractivity contribution in [2.24, 2.45) is 0 Å². The highest BCUT2D eigenvalue weighted by Gasteiger charge is 2.06. The molecule has 2 nitrogen and oxygen atoms in total. The van der Waals surface area contributed by atoms with E-state index < -0.39 is 0 Å². The lowest BCUT2D eigenvalue weighted by Gasteiger charge is -2.07. The fourth-order valence-electron chi connectivity index (χ4n) is 2.60. The normalized spacial score (nSPS) is 11.0. The summed E-state index contributed by atoms with van der Waals surface area (Å²) in [4.78, 5) is 0. The summed E-state index contributed by atoms with van der Waals surface area (Å²) < 4.78 is 0.548. The van der Waals surface area contributed by atoms with Crippen LogP contribution in [-0.2, 0) is 6.42 Å². The molecule has 0 radical (unpaired) electrons. The Hall–Kier alpha value is -0.700. The Kier molecular flexibility index (Phi) is 9.56. The molecular formula is C18H29BrO2. The van der Waals surface area contributed by atoms with Crippen LogP contribution in [0.2, 0.25) is 0 Å². The number of hydrogen-bond acceptors (Lipinski definition) is 2. The zero-order valence-corrected chi connectivity index (χ0v) is 14.8. The van der Waals surface area contributed by atoms with Gasteiger partial charge in [-0.25, -0.2) is 0 Å². The van der Waals surface area contributed by atoms with Gasteiger partial charge in [0.25, 0.3) is 0 Å². The largest absolute Gasteiger partial charge is 0.508 e. The Morgan fingerprint density at radius 1 is 0.762 bits per heavy atom. The van der Waals surface area contributed by atoms with Crippen molar-refractivity contribution >= 4 is 15.9 Å². The first-order chi connectivity index (χ1) is 10.1. The van der Waals surface area contributed by atoms with Gasteiger partial charge < -0.3 is 10.2 Å². The minimum atomic E-state index is 0.204. The molecule has 1 rings (SSSR count). The molecule has 3 heteroatoms. The molecule has 21 heavy (non-hydrogen) atoms. The number of aryl methyl sites for hydroxylation is 1. The van der Waals surface area contributed by atoms with Crippen molar-refractivity contribution in [3.8, 4) is 11.5 Å². The van der Waals surface area contributed by atoms with Crippen molar-refractivity contribution in [3.63, 3.8) is 0 Å². The summed E-state index contributed by atoms with van der Waals surface area (Å²) in [5.41, 5.74) is 0.843. The van der Waals surface area contributed by atoms with Gasteiger partial charge in [-0.3, -0.25) is 0 Å². The number of rotatable bonds is 11. The first kappa shape index (κ1) is 18.3. The summed E-state index contributed by atoms with van der Waals surface area (Å²) in [6, 6.07) is 3.23. The van der Waals surface area contributed by atoms with Gasteiger partial charge in [-0.15, -0.1) is 0 Å². The summed E-state index contributed by atoms with van der Waals surface area (Å²) in [7, 11) is 0. The van der Waals surface area contributed by atoms with E-state index in [1.54, 1.807) is 12.1 Å². The van der Waals surface area contributed by atoms with Crippen molar-refractivity contribution in [2.75, 3.05) is 0 Å². The molecule has 1 aromatic carbocycles. The Bertz CT molecular complexity index is 404. The van der Waals surface area contributed by atoms with E-state index in [-0.39, 0.29) is 11.5 Å². The lowest BCUT2D eigenvalue weighted by atomic mass is 10.0. The van der Waals surface area contributed by atoms with Gasteiger partial charge >= 0.3 is 0 Å². The van der Waals surface area contributed by atoms with Crippen LogP contribution >= 0.6 is 15.9 Å². The highest BCUT2D eigenvalue weighted by atomic mass is 79.9. The number of phenols is 2. The molecule has 0 aliphatic rings. The Morgan fingerprint density at radius 2 is 1.29 bits per heavy atom. The molecule has 0 fully saturated rings. The topological polar surface area (TPSA) is 40.5 Å². The molecule has 0 heterocycles. The number of aromatic hydroxyl groups is 2. The summed E-state index contributed by atoms with van der Waals surface area (Å²) in [5.74, 6) is 0.477. The van der Waals surface area contributed by atoms with Crippen molar-refractivity contribution in [2.45, 2.75) is 77.6 Å². The third kappa shape index (κ3) is 7.75. The summed E-state index contributed by atoms with van der Waals surface area (Å²) >= 11 is 3.20. The molecule has 1 aromatic rings. The average Bonchev–Trinajstić information content (AvgIpc) is 2.46. The minimum Gasteiger partial charge on any atom is -0.508 e. The second-order valence-corrected chi connectivity index (χ2v) is 6.72. The molecule has 0 aliphatic heterocycles. The summed E-state index contributed by atoms with van der Waals surface area (Å²) in [6.07, 6.45) is 13.9. The van der Waals surface area contributed by atoms with Gasteiger partial charge in [0.1, 0.15) is 11.5 Å². The van der Waals surface area contributed by atoms with Crippen LogP contribution in [0.15, 0.2) is 16.6 Å². The van der Waals surface area contributed by atoms with Crippen LogP contribution in [0, 0.1) is 0 Å². The molecule has 0 atom stereocenters. The molecule has 2 N–H and O–H groups in total. The van der Waals surface area contributed by atoms with Gasteiger partial charge in [0.05, 0.1) is 4.47 Å². The van der Waals surface area contributed by atoms with E-state index in [4.69, 9.17) is 0 Å². The second kappa shape index (κ2) is 10.9. The molecule has 0 amide bonds. The third-order valence-electron chi connectivity index (χ3n) is 3.95. The molecule has 120 valence electrons. The fraction of sp³-hybridized carbons (Fsp3) is 0.667. The molecule has 0 saturated heterocycles. The van der Waals surface area contributed by atoms with Crippen LogP contribution in [0.25, 0.3) is 0 Å². The molecule has 0 unspecified atom stereocenters. The zero-order valence-electron chi connectivity index (χ0n) is 13.2. The van der Waals surface area contributed by atoms with Gasteiger partial charge in [-0.1, -0.05) is 64.7 Å². The Balaban J connectivity index is 2.05. The van der Waals surface area contributed by atoms with E-state index in [0.717, 1.165) is 18.4 Å². The SMILES string of the molecule is CCCCCCCCCCCCc1cc(O)c(Br)cc1O. The van der Waals surface area contributed by atoms with Crippen LogP contribution in [-0.4, -0.2) is 10.2 Å². The predicted molar refractivity (Wildman–Crippen MR) is 93.0 cm³/mol. The smallest absolute Gasteiger partial charge is 0.130 e. The Labute approximate surface area is 137 Å². The number of halogens is 1. The molecule has 0 saturated carbocycles. The molecule has 0 spiro atoms. The lowest BCUT2D eigenvalue weighted by molar-refractivity contribution is 0.450. The first-order valence-electron chi connectivity index (χ1n) is 8.35. The van der Waals surface area contributed by atoms with Gasteiger partial charge in [0.15, 0.2) is 0 Å². The van der Waals surface area contributed by atoms with Crippen LogP contribution < -0.4 is 0 Å². The van der Waals surface area contributed by atoms with E-state index in [0.29, 0.717) is 4.47 Å². The van der Waals surface area contributed by atoms with Crippen LogP contribution in [0.1, 0.15) is 76.7 Å². The highest BCUT2D eigenvalue weighted by molar-refractivity contribution is 9.10. The molecular weight excluding hydrogens is 328 g/mol. The van der Waals surface area contributed by atoms with Crippen molar-refractivity contribution in [1.29, 1.82) is 0 Å². The summed E-state index contributed by atoms with van der Waals surface area (Å²) in [6.45, 7) is 2.25. The van der Waals surface area contributed by atoms with Crippen LogP contribution in [0.5, 0.6) is 11.5 Å². The number of unbranched alkanes of at least 4 members (excludes halogenated alkanes) is 9. The van der Waals surface area contributed by atoms with Gasteiger partial charge in [-0.2, -0.15) is 0 Å². The van der Waals surface area contributed by atoms with E-state index in [1.165, 1.54) is 57.8 Å². The number of phenolic OH excluding ortho intramolecular Hbond substituents is 2. The number of hydrogen-bond donors (Lipinski definition) is 2.